The van der Waals surface area contributed by atoms with E-state index in [1.807, 2.05) is 72.8 Å². The third-order valence-corrected chi connectivity index (χ3v) is 3.99. The third kappa shape index (κ3) is 3.97. The van der Waals surface area contributed by atoms with Crippen molar-refractivity contribution in [3.05, 3.63) is 90.3 Å². The van der Waals surface area contributed by atoms with E-state index in [1.165, 1.54) is 0 Å². The van der Waals surface area contributed by atoms with Crippen LogP contribution in [0.1, 0.15) is 11.3 Å². The molecule has 0 amide bonds. The molecule has 119 valence electrons. The van der Waals surface area contributed by atoms with Gasteiger partial charge in [0.05, 0.1) is 11.4 Å². The van der Waals surface area contributed by atoms with Crippen LogP contribution in [-0.2, 0) is 0 Å². The first-order valence-corrected chi connectivity index (χ1v) is 10.3. The molecule has 0 aliphatic heterocycles. The molecular formula is C20H19N2OSi. The summed E-state index contributed by atoms with van der Waals surface area (Å²) < 4.78 is 5.99. The molecule has 0 atom stereocenters. The average molecular weight is 331 g/mol. The molecule has 24 heavy (non-hydrogen) atoms. The van der Waals surface area contributed by atoms with E-state index in [4.69, 9.17) is 9.42 Å². The highest BCUT2D eigenvalue weighted by Crippen LogP contribution is 2.29. The quantitative estimate of drug-likeness (QED) is 0.493. The Bertz CT molecular complexity index is 776. The Morgan fingerprint density at radius 2 is 1.58 bits per heavy atom. The summed E-state index contributed by atoms with van der Waals surface area (Å²) in [4.78, 5) is 9.37. The second-order valence-electron chi connectivity index (χ2n) is 5.52. The van der Waals surface area contributed by atoms with E-state index in [0.29, 0.717) is 0 Å². The van der Waals surface area contributed by atoms with Crippen molar-refractivity contribution in [1.29, 1.82) is 0 Å². The van der Waals surface area contributed by atoms with E-state index in [1.54, 1.807) is 6.20 Å². The van der Waals surface area contributed by atoms with Crippen LogP contribution in [0.25, 0.3) is 0 Å². The standard InChI is InChI=1S/C20H19N2OSi/c1-24(2)23-19-14-7-6-12-17(19)22-20(16-10-4-3-5-11-16)18-13-8-9-15-21-18/h3-15H,1-2H3. The number of aromatic nitrogens is 1. The number of pyridine rings is 1. The molecule has 4 heteroatoms. The van der Waals surface area contributed by atoms with Gasteiger partial charge in [0.1, 0.15) is 11.4 Å². The number of hydrogen-bond acceptors (Lipinski definition) is 3. The maximum absolute atomic E-state index is 5.99. The fourth-order valence-corrected chi connectivity index (χ4v) is 2.96. The summed E-state index contributed by atoms with van der Waals surface area (Å²) in [6, 6.07) is 23.9. The maximum atomic E-state index is 5.99. The third-order valence-electron chi connectivity index (χ3n) is 3.37. The summed E-state index contributed by atoms with van der Waals surface area (Å²) in [5.41, 5.74) is 3.54. The predicted octanol–water partition coefficient (Wildman–Crippen LogP) is 4.88. The fraction of sp³-hybridized carbons (Fsp3) is 0.100. The molecule has 0 spiro atoms. The minimum absolute atomic E-state index is 0.820. The lowest BCUT2D eigenvalue weighted by Crippen LogP contribution is -2.11. The van der Waals surface area contributed by atoms with Gasteiger partial charge in [-0.2, -0.15) is 0 Å². The molecule has 0 saturated heterocycles. The summed E-state index contributed by atoms with van der Waals surface area (Å²) in [5, 5.41) is 0. The van der Waals surface area contributed by atoms with Crippen LogP contribution in [0.3, 0.4) is 0 Å². The second-order valence-corrected chi connectivity index (χ2v) is 7.54. The number of para-hydroxylation sites is 2. The number of rotatable bonds is 5. The molecule has 0 fully saturated rings. The van der Waals surface area contributed by atoms with Crippen molar-refractivity contribution in [1.82, 2.24) is 4.98 Å². The zero-order chi connectivity index (χ0) is 16.8. The van der Waals surface area contributed by atoms with Gasteiger partial charge in [0.2, 0.25) is 0 Å². The van der Waals surface area contributed by atoms with E-state index >= 15 is 0 Å². The molecule has 0 N–H and O–H groups in total. The van der Waals surface area contributed by atoms with Crippen molar-refractivity contribution in [3.63, 3.8) is 0 Å². The normalized spacial score (nSPS) is 11.5. The maximum Gasteiger partial charge on any atom is 0.274 e. The van der Waals surface area contributed by atoms with Gasteiger partial charge in [0, 0.05) is 11.8 Å². The van der Waals surface area contributed by atoms with E-state index in [-0.39, 0.29) is 0 Å². The second kappa shape index (κ2) is 7.70. The largest absolute Gasteiger partial charge is 0.541 e. The van der Waals surface area contributed by atoms with Crippen molar-refractivity contribution >= 4 is 20.4 Å². The van der Waals surface area contributed by atoms with Crippen molar-refractivity contribution < 1.29 is 4.43 Å². The van der Waals surface area contributed by atoms with Gasteiger partial charge < -0.3 is 4.43 Å². The number of aliphatic imine (C=N–C) groups is 1. The van der Waals surface area contributed by atoms with E-state index in [9.17, 15) is 0 Å². The Morgan fingerprint density at radius 3 is 2.29 bits per heavy atom. The lowest BCUT2D eigenvalue weighted by atomic mass is 10.1. The number of nitrogens with zero attached hydrogens (tertiary/aromatic N) is 2. The lowest BCUT2D eigenvalue weighted by molar-refractivity contribution is 0.582. The van der Waals surface area contributed by atoms with Crippen LogP contribution >= 0.6 is 0 Å². The van der Waals surface area contributed by atoms with Gasteiger partial charge in [0.15, 0.2) is 0 Å². The minimum atomic E-state index is -0.857. The van der Waals surface area contributed by atoms with Crippen LogP contribution in [0.15, 0.2) is 84.0 Å². The summed E-state index contributed by atoms with van der Waals surface area (Å²) in [6.07, 6.45) is 1.79. The Morgan fingerprint density at radius 1 is 0.875 bits per heavy atom. The lowest BCUT2D eigenvalue weighted by Gasteiger charge is -2.12. The minimum Gasteiger partial charge on any atom is -0.541 e. The molecule has 0 aliphatic carbocycles. The van der Waals surface area contributed by atoms with Gasteiger partial charge in [-0.1, -0.05) is 48.5 Å². The molecule has 1 aromatic heterocycles. The van der Waals surface area contributed by atoms with Gasteiger partial charge in [-0.3, -0.25) is 4.98 Å². The molecule has 0 saturated carbocycles. The van der Waals surface area contributed by atoms with Crippen LogP contribution in [-0.4, -0.2) is 19.7 Å². The monoisotopic (exact) mass is 331 g/mol. The Labute approximate surface area is 144 Å². The van der Waals surface area contributed by atoms with Crippen molar-refractivity contribution in [2.24, 2.45) is 4.99 Å². The molecule has 0 unspecified atom stereocenters. The molecule has 1 radical (unpaired) electrons. The summed E-state index contributed by atoms with van der Waals surface area (Å²) >= 11 is 0. The first-order chi connectivity index (χ1) is 11.7. The molecule has 0 aliphatic rings. The molecular weight excluding hydrogens is 312 g/mol. The highest BCUT2D eigenvalue weighted by atomic mass is 28.3. The highest BCUT2D eigenvalue weighted by Gasteiger charge is 2.11. The van der Waals surface area contributed by atoms with Crippen molar-refractivity contribution in [3.8, 4) is 5.75 Å². The van der Waals surface area contributed by atoms with Crippen LogP contribution in [0.2, 0.25) is 13.1 Å². The molecule has 0 bridgehead atoms. The molecule has 3 rings (SSSR count). The van der Waals surface area contributed by atoms with Crippen LogP contribution in [0, 0.1) is 0 Å². The van der Waals surface area contributed by atoms with Crippen LogP contribution in [0.4, 0.5) is 5.69 Å². The van der Waals surface area contributed by atoms with Gasteiger partial charge in [-0.25, -0.2) is 4.99 Å². The van der Waals surface area contributed by atoms with Crippen molar-refractivity contribution in [2.45, 2.75) is 13.1 Å². The number of benzene rings is 2. The van der Waals surface area contributed by atoms with Crippen molar-refractivity contribution in [2.75, 3.05) is 0 Å². The SMILES string of the molecule is C[Si](C)Oc1ccccc1N=C(c1ccccc1)c1ccccn1. The Hall–Kier alpha value is -2.72. The molecule has 1 heterocycles. The van der Waals surface area contributed by atoms with Crippen LogP contribution in [0.5, 0.6) is 5.75 Å². The molecule has 3 aromatic rings. The van der Waals surface area contributed by atoms with Gasteiger partial charge in [-0.05, 0) is 37.4 Å². The highest BCUT2D eigenvalue weighted by molar-refractivity contribution is 6.49. The van der Waals surface area contributed by atoms with E-state index < -0.39 is 9.04 Å². The predicted molar refractivity (Wildman–Crippen MR) is 101 cm³/mol. The van der Waals surface area contributed by atoms with Gasteiger partial charge >= 0.3 is 0 Å². The van der Waals surface area contributed by atoms with Gasteiger partial charge in [0.25, 0.3) is 9.04 Å². The van der Waals surface area contributed by atoms with Gasteiger partial charge in [-0.15, -0.1) is 0 Å². The zero-order valence-corrected chi connectivity index (χ0v) is 14.8. The van der Waals surface area contributed by atoms with Crippen LogP contribution < -0.4 is 4.43 Å². The summed E-state index contributed by atoms with van der Waals surface area (Å²) in [7, 11) is -0.857. The molecule has 3 nitrogen and oxygen atoms in total. The Kier molecular flexibility index (Phi) is 5.18. The van der Waals surface area contributed by atoms with E-state index in [0.717, 1.165) is 28.4 Å². The summed E-state index contributed by atoms with van der Waals surface area (Å²) in [6.45, 7) is 4.23. The first-order valence-electron chi connectivity index (χ1n) is 7.86. The first kappa shape index (κ1) is 16.1. The average Bonchev–Trinajstić information content (AvgIpc) is 2.62. The number of hydrogen-bond donors (Lipinski definition) is 0. The van der Waals surface area contributed by atoms with E-state index in [2.05, 4.69) is 18.1 Å². The Balaban J connectivity index is 2.12. The zero-order valence-electron chi connectivity index (χ0n) is 13.8. The molecule has 2 aromatic carbocycles. The summed E-state index contributed by atoms with van der Waals surface area (Å²) in [5.74, 6) is 0.820. The topological polar surface area (TPSA) is 34.5 Å². The smallest absolute Gasteiger partial charge is 0.274 e. The fourth-order valence-electron chi connectivity index (χ4n) is 2.34.